The zero-order chi connectivity index (χ0) is 26.3. The van der Waals surface area contributed by atoms with Crippen molar-refractivity contribution in [1.82, 2.24) is 19.2 Å². The number of halogens is 1. The van der Waals surface area contributed by atoms with Gasteiger partial charge in [-0.3, -0.25) is 4.79 Å². The third-order valence-electron chi connectivity index (χ3n) is 8.55. The first-order valence-electron chi connectivity index (χ1n) is 13.2. The summed E-state index contributed by atoms with van der Waals surface area (Å²) in [7, 11) is -3.18. The fraction of sp³-hybridized carbons (Fsp3) is 0.615. The Morgan fingerprint density at radius 1 is 1.05 bits per heavy atom. The maximum absolute atomic E-state index is 13.8. The van der Waals surface area contributed by atoms with Crippen molar-refractivity contribution in [3.05, 3.63) is 35.2 Å². The van der Waals surface area contributed by atoms with Gasteiger partial charge in [0, 0.05) is 42.8 Å². The Balaban J connectivity index is 1.39. The van der Waals surface area contributed by atoms with Gasteiger partial charge in [0.1, 0.15) is 16.7 Å². The fourth-order valence-electron chi connectivity index (χ4n) is 6.35. The van der Waals surface area contributed by atoms with Crippen LogP contribution in [0.4, 0.5) is 5.69 Å². The molecule has 0 spiro atoms. The van der Waals surface area contributed by atoms with Crippen molar-refractivity contribution in [3.63, 3.8) is 0 Å². The number of amides is 1. The van der Waals surface area contributed by atoms with Crippen LogP contribution in [0.5, 0.6) is 0 Å². The number of likely N-dealkylation sites (tertiary alicyclic amines) is 1. The van der Waals surface area contributed by atoms with Gasteiger partial charge in [0.05, 0.1) is 12.3 Å². The molecule has 9 nitrogen and oxygen atoms in total. The van der Waals surface area contributed by atoms with E-state index in [1.54, 1.807) is 4.31 Å². The first-order chi connectivity index (χ1) is 17.6. The van der Waals surface area contributed by atoms with Crippen LogP contribution in [0.15, 0.2) is 24.3 Å². The van der Waals surface area contributed by atoms with Crippen LogP contribution in [0, 0.1) is 17.8 Å². The monoisotopic (exact) mass is 548 g/mol. The van der Waals surface area contributed by atoms with Crippen LogP contribution < -0.4 is 11.5 Å². The Morgan fingerprint density at radius 2 is 1.70 bits per heavy atom. The van der Waals surface area contributed by atoms with Crippen LogP contribution in [0.2, 0.25) is 5.15 Å². The highest BCUT2D eigenvalue weighted by Gasteiger charge is 2.44. The average Bonchev–Trinajstić information content (AvgIpc) is 3.48. The zero-order valence-corrected chi connectivity index (χ0v) is 22.8. The number of carbonyl (C=O) groups is 1. The van der Waals surface area contributed by atoms with Crippen LogP contribution in [-0.4, -0.2) is 65.4 Å². The molecule has 1 saturated carbocycles. The second-order valence-corrected chi connectivity index (χ2v) is 13.4. The molecule has 1 aliphatic carbocycles. The quantitative estimate of drug-likeness (QED) is 0.489. The van der Waals surface area contributed by atoms with E-state index in [0.717, 1.165) is 50.5 Å². The number of hydrogen-bond acceptors (Lipinski definition) is 6. The Morgan fingerprint density at radius 3 is 2.32 bits per heavy atom. The number of aromatic amines is 1. The predicted octanol–water partition coefficient (Wildman–Crippen LogP) is 3.39. The SMILES string of the molecule is CS(=O)(=O)N1CCC([C@H]2C[C@@H](c3nc(-c4ccc(N)cc4)c(Cl)[nH]3)N(C(=O)C3CCC(N)CC3)C2)CC1. The van der Waals surface area contributed by atoms with Gasteiger partial charge in [-0.05, 0) is 68.9 Å². The lowest BCUT2D eigenvalue weighted by Crippen LogP contribution is -2.41. The molecule has 37 heavy (non-hydrogen) atoms. The van der Waals surface area contributed by atoms with Crippen molar-refractivity contribution < 1.29 is 13.2 Å². The van der Waals surface area contributed by atoms with E-state index in [9.17, 15) is 13.2 Å². The summed E-state index contributed by atoms with van der Waals surface area (Å²) < 4.78 is 25.6. The van der Waals surface area contributed by atoms with Gasteiger partial charge in [0.2, 0.25) is 15.9 Å². The van der Waals surface area contributed by atoms with Gasteiger partial charge in [-0.15, -0.1) is 0 Å². The number of benzene rings is 1. The van der Waals surface area contributed by atoms with Crippen molar-refractivity contribution in [2.24, 2.45) is 23.5 Å². The minimum atomic E-state index is -3.18. The van der Waals surface area contributed by atoms with Crippen LogP contribution in [0.3, 0.4) is 0 Å². The Kier molecular flexibility index (Phi) is 7.55. The van der Waals surface area contributed by atoms with Crippen molar-refractivity contribution in [2.75, 3.05) is 31.6 Å². The Hall–Kier alpha value is -2.14. The topological polar surface area (TPSA) is 138 Å². The summed E-state index contributed by atoms with van der Waals surface area (Å²) in [4.78, 5) is 24.0. The minimum Gasteiger partial charge on any atom is -0.399 e. The maximum Gasteiger partial charge on any atom is 0.226 e. The molecule has 202 valence electrons. The lowest BCUT2D eigenvalue weighted by Gasteiger charge is -2.34. The molecule has 2 aliphatic heterocycles. The summed E-state index contributed by atoms with van der Waals surface area (Å²) in [5, 5.41) is 0.445. The summed E-state index contributed by atoms with van der Waals surface area (Å²) in [6.45, 7) is 1.73. The molecule has 2 aromatic rings. The molecule has 3 heterocycles. The van der Waals surface area contributed by atoms with E-state index in [4.69, 9.17) is 28.1 Å². The second-order valence-electron chi connectivity index (χ2n) is 11.0. The van der Waals surface area contributed by atoms with E-state index < -0.39 is 10.0 Å². The lowest BCUT2D eigenvalue weighted by atomic mass is 9.83. The number of rotatable bonds is 5. The van der Waals surface area contributed by atoms with Crippen molar-refractivity contribution in [1.29, 1.82) is 0 Å². The molecule has 11 heteroatoms. The first-order valence-corrected chi connectivity index (χ1v) is 15.4. The largest absolute Gasteiger partial charge is 0.399 e. The van der Waals surface area contributed by atoms with Crippen molar-refractivity contribution in [2.45, 2.75) is 57.0 Å². The number of nitrogens with one attached hydrogen (secondary N) is 1. The number of aromatic nitrogens is 2. The molecule has 2 atom stereocenters. The lowest BCUT2D eigenvalue weighted by molar-refractivity contribution is -0.138. The molecule has 3 aliphatic rings. The van der Waals surface area contributed by atoms with E-state index in [0.29, 0.717) is 47.9 Å². The molecule has 1 aromatic carbocycles. The normalized spacial score (nSPS) is 28.0. The van der Waals surface area contributed by atoms with Gasteiger partial charge in [-0.1, -0.05) is 23.7 Å². The minimum absolute atomic E-state index is 0.0184. The Bertz CT molecular complexity index is 1220. The zero-order valence-electron chi connectivity index (χ0n) is 21.3. The number of carbonyl (C=O) groups excluding carboxylic acids is 1. The molecule has 0 bridgehead atoms. The third kappa shape index (κ3) is 5.67. The number of sulfonamides is 1. The third-order valence-corrected chi connectivity index (χ3v) is 10.1. The van der Waals surface area contributed by atoms with Gasteiger partial charge in [0.25, 0.3) is 0 Å². The molecular formula is C26H37ClN6O3S. The summed E-state index contributed by atoms with van der Waals surface area (Å²) in [5.41, 5.74) is 14.1. The van der Waals surface area contributed by atoms with E-state index in [2.05, 4.69) is 4.98 Å². The molecule has 3 fully saturated rings. The molecule has 0 unspecified atom stereocenters. The smallest absolute Gasteiger partial charge is 0.226 e. The fourth-order valence-corrected chi connectivity index (χ4v) is 7.47. The summed E-state index contributed by atoms with van der Waals surface area (Å²) in [6.07, 6.45) is 7.04. The molecule has 1 amide bonds. The van der Waals surface area contributed by atoms with E-state index >= 15 is 0 Å². The van der Waals surface area contributed by atoms with Crippen molar-refractivity contribution in [3.8, 4) is 11.3 Å². The maximum atomic E-state index is 13.8. The molecular weight excluding hydrogens is 512 g/mol. The second kappa shape index (κ2) is 10.6. The van der Waals surface area contributed by atoms with E-state index in [1.165, 1.54) is 6.26 Å². The summed E-state index contributed by atoms with van der Waals surface area (Å²) in [5.74, 6) is 1.50. The van der Waals surface area contributed by atoms with Crippen molar-refractivity contribution >= 4 is 33.2 Å². The number of H-pyrrole nitrogens is 1. The number of hydrogen-bond donors (Lipinski definition) is 3. The number of imidazole rings is 1. The number of anilines is 1. The Labute approximate surface area is 224 Å². The molecule has 0 radical (unpaired) electrons. The van der Waals surface area contributed by atoms with Crippen LogP contribution in [0.25, 0.3) is 11.3 Å². The molecule has 5 rings (SSSR count). The number of piperidine rings is 1. The van der Waals surface area contributed by atoms with Gasteiger partial charge < -0.3 is 21.4 Å². The van der Waals surface area contributed by atoms with E-state index in [-0.39, 0.29) is 29.8 Å². The summed E-state index contributed by atoms with van der Waals surface area (Å²) >= 11 is 6.60. The first kappa shape index (κ1) is 26.5. The van der Waals surface area contributed by atoms with Gasteiger partial charge in [0.15, 0.2) is 0 Å². The highest BCUT2D eigenvalue weighted by Crippen LogP contribution is 2.44. The predicted molar refractivity (Wildman–Crippen MR) is 145 cm³/mol. The number of nitrogens with two attached hydrogens (primary N) is 2. The standard InChI is InChI=1S/C26H37ClN6O3S/c1-37(35,36)32-12-10-16(11-13-32)19-14-22(33(15-19)26(34)18-4-8-21(29)9-5-18)25-30-23(24(27)31-25)17-2-6-20(28)7-3-17/h2-3,6-7,16,18-19,21-22H,4-5,8-15,28-29H2,1H3,(H,30,31)/t18?,19-,21?,22-/m0/s1. The van der Waals surface area contributed by atoms with Crippen LogP contribution in [-0.2, 0) is 14.8 Å². The number of nitrogens with zero attached hydrogens (tertiary/aromatic N) is 3. The molecule has 1 aromatic heterocycles. The van der Waals surface area contributed by atoms with Crippen LogP contribution in [0.1, 0.15) is 56.8 Å². The van der Waals surface area contributed by atoms with Gasteiger partial charge in [-0.2, -0.15) is 0 Å². The van der Waals surface area contributed by atoms with E-state index in [1.807, 2.05) is 29.2 Å². The van der Waals surface area contributed by atoms with Gasteiger partial charge in [-0.25, -0.2) is 17.7 Å². The number of nitrogen functional groups attached to an aromatic ring is 1. The average molecular weight is 549 g/mol. The summed E-state index contributed by atoms with van der Waals surface area (Å²) in [6, 6.07) is 7.40. The van der Waals surface area contributed by atoms with Gasteiger partial charge >= 0.3 is 0 Å². The highest BCUT2D eigenvalue weighted by atomic mass is 35.5. The molecule has 2 saturated heterocycles. The van der Waals surface area contributed by atoms with Crippen LogP contribution >= 0.6 is 11.6 Å². The molecule has 5 N–H and O–H groups in total. The highest BCUT2D eigenvalue weighted by molar-refractivity contribution is 7.88.